The van der Waals surface area contributed by atoms with Gasteiger partial charge in [0, 0.05) is 6.54 Å². The monoisotopic (exact) mass is 155 g/mol. The fourth-order valence-electron chi connectivity index (χ4n) is 1.09. The molecular formula is C6H9N3O2. The normalized spacial score (nSPS) is 30.0. The Kier molecular flexibility index (Phi) is 1.71. The van der Waals surface area contributed by atoms with Crippen molar-refractivity contribution < 1.29 is 9.90 Å². The van der Waals surface area contributed by atoms with Gasteiger partial charge in [0.05, 0.1) is 12.6 Å². The smallest absolute Gasteiger partial charge is 0.407 e. The topological polar surface area (TPSA) is 90.4 Å². The van der Waals surface area contributed by atoms with Crippen molar-refractivity contribution >= 4 is 6.09 Å². The van der Waals surface area contributed by atoms with Gasteiger partial charge in [0.15, 0.2) is 0 Å². The Balaban J connectivity index is 2.62. The summed E-state index contributed by atoms with van der Waals surface area (Å²) in [7, 11) is 0. The third-order valence-electron chi connectivity index (χ3n) is 1.79. The third kappa shape index (κ3) is 1.41. The van der Waals surface area contributed by atoms with Gasteiger partial charge in [0.1, 0.15) is 5.54 Å². The van der Waals surface area contributed by atoms with Gasteiger partial charge in [-0.1, -0.05) is 0 Å². The average Bonchev–Trinajstić information content (AvgIpc) is 2.33. The van der Waals surface area contributed by atoms with Crippen LogP contribution in [-0.2, 0) is 0 Å². The van der Waals surface area contributed by atoms with Crippen LogP contribution in [0.25, 0.3) is 0 Å². The van der Waals surface area contributed by atoms with E-state index >= 15 is 0 Å². The summed E-state index contributed by atoms with van der Waals surface area (Å²) in [5.74, 6) is 0. The van der Waals surface area contributed by atoms with Crippen molar-refractivity contribution in [3.8, 4) is 6.07 Å². The Labute approximate surface area is 64.0 Å². The summed E-state index contributed by atoms with van der Waals surface area (Å²) < 4.78 is 0. The summed E-state index contributed by atoms with van der Waals surface area (Å²) in [4.78, 5) is 11.5. The van der Waals surface area contributed by atoms with Crippen LogP contribution >= 0.6 is 0 Å². The molecule has 0 aliphatic carbocycles. The van der Waals surface area contributed by atoms with E-state index < -0.39 is 11.6 Å². The second-order valence-corrected chi connectivity index (χ2v) is 2.72. The standard InChI is InChI=1S/C6H9N3O2/c7-3-6(8)1-2-9(4-6)5(10)11/h1-2,4,8H2,(H,10,11). The Bertz CT molecular complexity index is 222. The lowest BCUT2D eigenvalue weighted by Crippen LogP contribution is -2.42. The number of nitrogens with two attached hydrogens (primary N) is 1. The lowest BCUT2D eigenvalue weighted by atomic mass is 10.0. The van der Waals surface area contributed by atoms with E-state index in [1.807, 2.05) is 6.07 Å². The number of nitriles is 1. The van der Waals surface area contributed by atoms with Gasteiger partial charge in [-0.15, -0.1) is 0 Å². The fraction of sp³-hybridized carbons (Fsp3) is 0.667. The van der Waals surface area contributed by atoms with Gasteiger partial charge in [-0.25, -0.2) is 4.79 Å². The highest BCUT2D eigenvalue weighted by Crippen LogP contribution is 2.17. The summed E-state index contributed by atoms with van der Waals surface area (Å²) in [5.41, 5.74) is 4.56. The minimum absolute atomic E-state index is 0.124. The molecule has 5 nitrogen and oxygen atoms in total. The summed E-state index contributed by atoms with van der Waals surface area (Å²) >= 11 is 0. The highest BCUT2D eigenvalue weighted by atomic mass is 16.4. The van der Waals surface area contributed by atoms with Crippen LogP contribution < -0.4 is 5.73 Å². The fourth-order valence-corrected chi connectivity index (χ4v) is 1.09. The van der Waals surface area contributed by atoms with Gasteiger partial charge in [-0.05, 0) is 6.42 Å². The van der Waals surface area contributed by atoms with E-state index in [-0.39, 0.29) is 6.54 Å². The quantitative estimate of drug-likeness (QED) is 0.497. The minimum Gasteiger partial charge on any atom is -0.465 e. The number of rotatable bonds is 0. The van der Waals surface area contributed by atoms with Crippen LogP contribution in [0.1, 0.15) is 6.42 Å². The molecule has 0 radical (unpaired) electrons. The number of likely N-dealkylation sites (tertiary alicyclic amines) is 1. The molecule has 1 aliphatic rings. The van der Waals surface area contributed by atoms with Crippen LogP contribution in [0, 0.1) is 11.3 Å². The van der Waals surface area contributed by atoms with Crippen LogP contribution in [-0.4, -0.2) is 34.7 Å². The van der Waals surface area contributed by atoms with Crippen LogP contribution in [0.4, 0.5) is 4.79 Å². The summed E-state index contributed by atoms with van der Waals surface area (Å²) in [6.45, 7) is 0.484. The van der Waals surface area contributed by atoms with E-state index in [9.17, 15) is 4.79 Å². The van der Waals surface area contributed by atoms with E-state index in [0.717, 1.165) is 4.90 Å². The molecule has 0 aromatic rings. The molecular weight excluding hydrogens is 146 g/mol. The second-order valence-electron chi connectivity index (χ2n) is 2.72. The third-order valence-corrected chi connectivity index (χ3v) is 1.79. The molecule has 0 spiro atoms. The van der Waals surface area contributed by atoms with Crippen LogP contribution in [0.15, 0.2) is 0 Å². The van der Waals surface area contributed by atoms with Crippen molar-refractivity contribution in [2.75, 3.05) is 13.1 Å². The van der Waals surface area contributed by atoms with Gasteiger partial charge < -0.3 is 15.7 Å². The van der Waals surface area contributed by atoms with Crippen LogP contribution in [0.3, 0.4) is 0 Å². The summed E-state index contributed by atoms with van der Waals surface area (Å²) in [5, 5.41) is 17.0. The lowest BCUT2D eigenvalue weighted by molar-refractivity contribution is 0.154. The first kappa shape index (κ1) is 7.82. The van der Waals surface area contributed by atoms with Crippen molar-refractivity contribution in [1.29, 1.82) is 5.26 Å². The highest BCUT2D eigenvalue weighted by Gasteiger charge is 2.36. The highest BCUT2D eigenvalue weighted by molar-refractivity contribution is 5.65. The van der Waals surface area contributed by atoms with Gasteiger partial charge in [-0.3, -0.25) is 0 Å². The Hall–Kier alpha value is -1.28. The molecule has 1 fully saturated rings. The largest absolute Gasteiger partial charge is 0.465 e. The van der Waals surface area contributed by atoms with Gasteiger partial charge in [0.2, 0.25) is 0 Å². The van der Waals surface area contributed by atoms with E-state index in [0.29, 0.717) is 13.0 Å². The second kappa shape index (κ2) is 2.40. The van der Waals surface area contributed by atoms with Gasteiger partial charge >= 0.3 is 6.09 Å². The molecule has 1 heterocycles. The van der Waals surface area contributed by atoms with Crippen LogP contribution in [0.2, 0.25) is 0 Å². The zero-order valence-electron chi connectivity index (χ0n) is 5.95. The molecule has 1 unspecified atom stereocenters. The number of carboxylic acid groups (broad SMARTS) is 1. The molecule has 5 heteroatoms. The summed E-state index contributed by atoms with van der Waals surface area (Å²) in [6.07, 6.45) is -0.580. The number of amides is 1. The number of nitrogens with zero attached hydrogens (tertiary/aromatic N) is 2. The number of hydrogen-bond donors (Lipinski definition) is 2. The molecule has 60 valence electrons. The molecule has 1 rings (SSSR count). The van der Waals surface area contributed by atoms with Crippen molar-refractivity contribution in [1.82, 2.24) is 4.90 Å². The van der Waals surface area contributed by atoms with E-state index in [1.165, 1.54) is 0 Å². The SMILES string of the molecule is N#CC1(N)CCN(C(=O)O)C1. The first-order valence-corrected chi connectivity index (χ1v) is 3.25. The van der Waals surface area contributed by atoms with E-state index in [1.54, 1.807) is 0 Å². The van der Waals surface area contributed by atoms with Crippen molar-refractivity contribution in [2.24, 2.45) is 5.73 Å². The first-order chi connectivity index (χ1) is 5.07. The van der Waals surface area contributed by atoms with Gasteiger partial charge in [0.25, 0.3) is 0 Å². The van der Waals surface area contributed by atoms with Crippen molar-refractivity contribution in [3.05, 3.63) is 0 Å². The van der Waals surface area contributed by atoms with E-state index in [2.05, 4.69) is 0 Å². The molecule has 11 heavy (non-hydrogen) atoms. The minimum atomic E-state index is -1.01. The molecule has 3 N–H and O–H groups in total. The molecule has 1 aliphatic heterocycles. The maximum absolute atomic E-state index is 10.4. The molecule has 1 saturated heterocycles. The van der Waals surface area contributed by atoms with Gasteiger partial charge in [-0.2, -0.15) is 5.26 Å². The lowest BCUT2D eigenvalue weighted by Gasteiger charge is -2.14. The maximum atomic E-state index is 10.4. The first-order valence-electron chi connectivity index (χ1n) is 3.25. The van der Waals surface area contributed by atoms with Crippen molar-refractivity contribution in [3.63, 3.8) is 0 Å². The molecule has 1 amide bonds. The Morgan fingerprint density at radius 3 is 2.73 bits per heavy atom. The molecule has 0 aromatic carbocycles. The molecule has 0 aromatic heterocycles. The maximum Gasteiger partial charge on any atom is 0.407 e. The number of hydrogen-bond acceptors (Lipinski definition) is 3. The predicted octanol–water partition coefficient (Wildman–Crippen LogP) is -0.409. The van der Waals surface area contributed by atoms with Crippen LogP contribution in [0.5, 0.6) is 0 Å². The zero-order valence-corrected chi connectivity index (χ0v) is 5.95. The Morgan fingerprint density at radius 2 is 2.45 bits per heavy atom. The Morgan fingerprint density at radius 1 is 1.82 bits per heavy atom. The molecule has 0 saturated carbocycles. The van der Waals surface area contributed by atoms with Crippen molar-refractivity contribution in [2.45, 2.75) is 12.0 Å². The zero-order chi connectivity index (χ0) is 8.48. The summed E-state index contributed by atoms with van der Waals surface area (Å²) in [6, 6.07) is 1.90. The molecule has 0 bridgehead atoms. The average molecular weight is 155 g/mol. The molecule has 1 atom stereocenters. The van der Waals surface area contributed by atoms with E-state index in [4.69, 9.17) is 16.1 Å². The number of carbonyl (C=O) groups is 1. The predicted molar refractivity (Wildman–Crippen MR) is 36.7 cm³/mol.